The van der Waals surface area contributed by atoms with Crippen LogP contribution in [0, 0.1) is 0 Å². The highest BCUT2D eigenvalue weighted by atomic mass is 19.4. The first kappa shape index (κ1) is 26.8. The summed E-state index contributed by atoms with van der Waals surface area (Å²) in [7, 11) is 0. The Bertz CT molecular complexity index is 909. The molecule has 0 amide bonds. The number of nitrogen functional groups attached to an aromatic ring is 1. The molecule has 0 aliphatic carbocycles. The summed E-state index contributed by atoms with van der Waals surface area (Å²) in [6.07, 6.45) is -33.7. The number of hydrogen-bond acceptors (Lipinski definition) is 7. The molecule has 1 heterocycles. The molecule has 19 heteroatoms. The van der Waals surface area contributed by atoms with E-state index in [-0.39, 0.29) is 11.4 Å². The molecule has 0 unspecified atom stereocenters. The maximum Gasteiger partial charge on any atom is 0.434 e. The van der Waals surface area contributed by atoms with Crippen LogP contribution in [0.1, 0.15) is 0 Å². The Labute approximate surface area is 179 Å². The number of ether oxygens (including phenoxy) is 2. The Balaban J connectivity index is 2.56. The number of alkyl halides is 12. The first-order chi connectivity index (χ1) is 15.3. The van der Waals surface area contributed by atoms with Gasteiger partial charge in [0.05, 0.1) is 11.4 Å². The number of nitrogens with one attached hydrogen (secondary N) is 1. The third-order valence-corrected chi connectivity index (χ3v) is 3.44. The van der Waals surface area contributed by atoms with E-state index in [1.54, 1.807) is 0 Å². The summed E-state index contributed by atoms with van der Waals surface area (Å²) in [6.45, 7) is 0. The highest BCUT2D eigenvalue weighted by Gasteiger charge is 2.61. The molecule has 0 atom stereocenters. The van der Waals surface area contributed by atoms with Gasteiger partial charge in [0.15, 0.2) is 0 Å². The fraction of sp³-hybridized carbons (Fsp3) is 0.400. The third kappa shape index (κ3) is 7.04. The molecule has 2 aromatic rings. The SMILES string of the molecule is Nc1ccccc1Nc1nc(OC(C(F)(F)F)C(F)(F)F)nc(OC(C(F)(F)F)C(F)(F)F)n1. The molecule has 0 saturated heterocycles. The van der Waals surface area contributed by atoms with E-state index < -0.39 is 54.9 Å². The van der Waals surface area contributed by atoms with Crippen LogP contribution in [0.5, 0.6) is 12.0 Å². The van der Waals surface area contributed by atoms with Crippen molar-refractivity contribution in [3.05, 3.63) is 24.3 Å². The minimum Gasteiger partial charge on any atom is -0.440 e. The van der Waals surface area contributed by atoms with E-state index in [4.69, 9.17) is 5.73 Å². The Morgan fingerprint density at radius 1 is 0.647 bits per heavy atom. The predicted octanol–water partition coefficient (Wildman–Crippen LogP) is 4.94. The molecule has 0 spiro atoms. The molecule has 34 heavy (non-hydrogen) atoms. The normalized spacial score (nSPS) is 13.4. The topological polar surface area (TPSA) is 95.2 Å². The lowest BCUT2D eigenvalue weighted by Gasteiger charge is -2.24. The molecule has 0 aliphatic rings. The standard InChI is InChI=1S/C15H9F12N5O2/c16-12(17,18)7(13(19,20)21)33-10-30-9(29-6-4-2-1-3-5(6)28)31-11(32-10)34-8(14(22,23)24)15(25,26)27/h1-4,7-8H,28H2,(H,29,30,31,32). The lowest BCUT2D eigenvalue weighted by molar-refractivity contribution is -0.302. The fourth-order valence-corrected chi connectivity index (χ4v) is 2.08. The van der Waals surface area contributed by atoms with Crippen molar-refractivity contribution in [1.29, 1.82) is 0 Å². The number of nitrogens with two attached hydrogens (primary N) is 1. The van der Waals surface area contributed by atoms with Gasteiger partial charge in [-0.25, -0.2) is 0 Å². The van der Waals surface area contributed by atoms with Crippen LogP contribution in [0.25, 0.3) is 0 Å². The van der Waals surface area contributed by atoms with Crippen molar-refractivity contribution in [2.75, 3.05) is 11.1 Å². The first-order valence-corrected chi connectivity index (χ1v) is 8.26. The highest BCUT2D eigenvalue weighted by Crippen LogP contribution is 2.38. The Kier molecular flexibility index (Phi) is 7.17. The molecule has 1 aromatic heterocycles. The summed E-state index contributed by atoms with van der Waals surface area (Å²) >= 11 is 0. The minimum atomic E-state index is -6.12. The number of anilines is 3. The van der Waals surface area contributed by atoms with Crippen LogP contribution in [0.2, 0.25) is 0 Å². The molecule has 0 saturated carbocycles. The Hall–Kier alpha value is -3.41. The van der Waals surface area contributed by atoms with E-state index in [1.807, 2.05) is 0 Å². The van der Waals surface area contributed by atoms with E-state index in [9.17, 15) is 52.7 Å². The summed E-state index contributed by atoms with van der Waals surface area (Å²) in [5.41, 5.74) is 5.23. The van der Waals surface area contributed by atoms with Gasteiger partial charge in [0.1, 0.15) is 0 Å². The predicted molar refractivity (Wildman–Crippen MR) is 87.0 cm³/mol. The van der Waals surface area contributed by atoms with E-state index in [0.29, 0.717) is 0 Å². The highest BCUT2D eigenvalue weighted by molar-refractivity contribution is 5.69. The van der Waals surface area contributed by atoms with Gasteiger partial charge in [0.25, 0.3) is 12.2 Å². The van der Waals surface area contributed by atoms with Crippen LogP contribution in [0.3, 0.4) is 0 Å². The zero-order chi connectivity index (χ0) is 26.1. The molecule has 0 fully saturated rings. The third-order valence-electron chi connectivity index (χ3n) is 3.44. The van der Waals surface area contributed by atoms with E-state index in [0.717, 1.165) is 6.07 Å². The van der Waals surface area contributed by atoms with E-state index in [2.05, 4.69) is 29.7 Å². The summed E-state index contributed by atoms with van der Waals surface area (Å²) < 4.78 is 160. The second kappa shape index (κ2) is 9.09. The molecule has 3 N–H and O–H groups in total. The monoisotopic (exact) mass is 519 g/mol. The Morgan fingerprint density at radius 3 is 1.38 bits per heavy atom. The molecule has 0 bridgehead atoms. The van der Waals surface area contributed by atoms with E-state index >= 15 is 0 Å². The van der Waals surface area contributed by atoms with Crippen LogP contribution in [-0.2, 0) is 0 Å². The maximum absolute atomic E-state index is 12.7. The van der Waals surface area contributed by atoms with Crippen LogP contribution in [0.4, 0.5) is 70.0 Å². The molecule has 7 nitrogen and oxygen atoms in total. The van der Waals surface area contributed by atoms with Crippen molar-refractivity contribution in [3.63, 3.8) is 0 Å². The minimum absolute atomic E-state index is 0.125. The number of rotatable bonds is 6. The van der Waals surface area contributed by atoms with Gasteiger partial charge in [-0.3, -0.25) is 0 Å². The van der Waals surface area contributed by atoms with Crippen molar-refractivity contribution in [2.45, 2.75) is 36.9 Å². The zero-order valence-corrected chi connectivity index (χ0v) is 15.7. The smallest absolute Gasteiger partial charge is 0.434 e. The largest absolute Gasteiger partial charge is 0.440 e. The number of benzene rings is 1. The molecule has 1 aromatic carbocycles. The van der Waals surface area contributed by atoms with Crippen LogP contribution < -0.4 is 20.5 Å². The number of hydrogen-bond donors (Lipinski definition) is 2. The van der Waals surface area contributed by atoms with Gasteiger partial charge in [-0.1, -0.05) is 12.1 Å². The number of aromatic nitrogens is 3. The number of para-hydroxylation sites is 2. The zero-order valence-electron chi connectivity index (χ0n) is 15.7. The van der Waals surface area contributed by atoms with Crippen LogP contribution in [0.15, 0.2) is 24.3 Å². The molecule has 0 aliphatic heterocycles. The van der Waals surface area contributed by atoms with Crippen LogP contribution in [-0.4, -0.2) is 51.9 Å². The molecular formula is C15H9F12N5O2. The maximum atomic E-state index is 12.7. The summed E-state index contributed by atoms with van der Waals surface area (Å²) in [5, 5.41) is 2.08. The lowest BCUT2D eigenvalue weighted by atomic mass is 10.3. The first-order valence-electron chi connectivity index (χ1n) is 8.26. The van der Waals surface area contributed by atoms with Gasteiger partial charge in [0, 0.05) is 0 Å². The number of halogens is 12. The molecular weight excluding hydrogens is 510 g/mol. The van der Waals surface area contributed by atoms with Gasteiger partial charge in [-0.2, -0.15) is 62.7 Å². The second-order valence-electron chi connectivity index (χ2n) is 6.10. The van der Waals surface area contributed by atoms with Crippen molar-refractivity contribution in [2.24, 2.45) is 0 Å². The summed E-state index contributed by atoms with van der Waals surface area (Å²) in [4.78, 5) is 8.62. The van der Waals surface area contributed by atoms with Gasteiger partial charge in [-0.05, 0) is 12.1 Å². The summed E-state index contributed by atoms with van der Waals surface area (Å²) in [5.74, 6) is -1.15. The molecule has 2 rings (SSSR count). The van der Waals surface area contributed by atoms with E-state index in [1.165, 1.54) is 18.2 Å². The van der Waals surface area contributed by atoms with Gasteiger partial charge < -0.3 is 20.5 Å². The lowest BCUT2D eigenvalue weighted by Crippen LogP contribution is -2.47. The van der Waals surface area contributed by atoms with Gasteiger partial charge in [-0.15, -0.1) is 4.98 Å². The quantitative estimate of drug-likeness (QED) is 0.413. The van der Waals surface area contributed by atoms with Crippen molar-refractivity contribution in [3.8, 4) is 12.0 Å². The number of nitrogens with zero attached hydrogens (tertiary/aromatic N) is 3. The van der Waals surface area contributed by atoms with Crippen LogP contribution >= 0.6 is 0 Å². The van der Waals surface area contributed by atoms with Gasteiger partial charge >= 0.3 is 36.7 Å². The van der Waals surface area contributed by atoms with Gasteiger partial charge in [0.2, 0.25) is 5.95 Å². The van der Waals surface area contributed by atoms with Crippen molar-refractivity contribution < 1.29 is 62.2 Å². The average Bonchev–Trinajstić information content (AvgIpc) is 2.62. The Morgan fingerprint density at radius 2 is 1.03 bits per heavy atom. The van der Waals surface area contributed by atoms with Crippen molar-refractivity contribution in [1.82, 2.24) is 15.0 Å². The average molecular weight is 519 g/mol. The fourth-order valence-electron chi connectivity index (χ4n) is 2.08. The molecule has 0 radical (unpaired) electrons. The van der Waals surface area contributed by atoms with Crippen molar-refractivity contribution >= 4 is 17.3 Å². The molecule has 190 valence electrons. The second-order valence-corrected chi connectivity index (χ2v) is 6.10. The summed E-state index contributed by atoms with van der Waals surface area (Å²) in [6, 6.07) is 1.16.